The standard InChI is InChI=1S/C13H19NO6S/c1-18-3-4-19-5-6-20-13(15)10-7-11(14)9-12(8-10)21(2,16)17/h7-9H,3-6,14H2,1-2H3. The van der Waals surface area contributed by atoms with E-state index < -0.39 is 15.8 Å². The Morgan fingerprint density at radius 1 is 1.14 bits per heavy atom. The first-order chi connectivity index (χ1) is 9.84. The molecule has 0 saturated carbocycles. The monoisotopic (exact) mass is 317 g/mol. The third-order valence-electron chi connectivity index (χ3n) is 2.49. The highest BCUT2D eigenvalue weighted by Gasteiger charge is 2.14. The number of ether oxygens (including phenoxy) is 3. The van der Waals surface area contributed by atoms with E-state index in [9.17, 15) is 13.2 Å². The molecule has 0 amide bonds. The van der Waals surface area contributed by atoms with Crippen LogP contribution in [-0.4, -0.2) is 54.2 Å². The van der Waals surface area contributed by atoms with Crippen molar-refractivity contribution in [2.24, 2.45) is 0 Å². The van der Waals surface area contributed by atoms with E-state index in [1.165, 1.54) is 18.2 Å². The lowest BCUT2D eigenvalue weighted by Crippen LogP contribution is -2.13. The van der Waals surface area contributed by atoms with Gasteiger partial charge >= 0.3 is 5.97 Å². The molecule has 0 aliphatic carbocycles. The van der Waals surface area contributed by atoms with Gasteiger partial charge in [0.05, 0.1) is 30.3 Å². The molecule has 0 radical (unpaired) electrons. The van der Waals surface area contributed by atoms with Crippen LogP contribution in [0.15, 0.2) is 23.1 Å². The van der Waals surface area contributed by atoms with Gasteiger partial charge in [0.2, 0.25) is 0 Å². The molecule has 7 nitrogen and oxygen atoms in total. The molecule has 0 aliphatic heterocycles. The minimum atomic E-state index is -3.44. The molecule has 0 heterocycles. The van der Waals surface area contributed by atoms with Crippen molar-refractivity contribution in [3.8, 4) is 0 Å². The third kappa shape index (κ3) is 6.11. The zero-order valence-electron chi connectivity index (χ0n) is 12.0. The van der Waals surface area contributed by atoms with Gasteiger partial charge in [0.25, 0.3) is 0 Å². The van der Waals surface area contributed by atoms with E-state index in [0.717, 1.165) is 6.26 Å². The fraction of sp³-hybridized carbons (Fsp3) is 0.462. The van der Waals surface area contributed by atoms with Gasteiger partial charge in [-0.1, -0.05) is 0 Å². The fourth-order valence-corrected chi connectivity index (χ4v) is 2.17. The van der Waals surface area contributed by atoms with Crippen molar-refractivity contribution in [3.63, 3.8) is 0 Å². The topological polar surface area (TPSA) is 105 Å². The van der Waals surface area contributed by atoms with Crippen LogP contribution in [-0.2, 0) is 24.0 Å². The number of nitrogen functional groups attached to an aromatic ring is 1. The van der Waals surface area contributed by atoms with Crippen molar-refractivity contribution in [1.82, 2.24) is 0 Å². The largest absolute Gasteiger partial charge is 0.460 e. The average Bonchev–Trinajstić information content (AvgIpc) is 2.40. The van der Waals surface area contributed by atoms with Crippen LogP contribution in [0.25, 0.3) is 0 Å². The number of sulfone groups is 1. The van der Waals surface area contributed by atoms with Gasteiger partial charge in [-0.05, 0) is 18.2 Å². The molecular formula is C13H19NO6S. The lowest BCUT2D eigenvalue weighted by Gasteiger charge is -2.08. The van der Waals surface area contributed by atoms with E-state index in [0.29, 0.717) is 13.2 Å². The Hall–Kier alpha value is -1.64. The first-order valence-corrected chi connectivity index (χ1v) is 8.08. The smallest absolute Gasteiger partial charge is 0.338 e. The molecule has 0 fully saturated rings. The second-order valence-corrected chi connectivity index (χ2v) is 6.32. The molecule has 2 N–H and O–H groups in total. The predicted octanol–water partition coefficient (Wildman–Crippen LogP) is 0.492. The summed E-state index contributed by atoms with van der Waals surface area (Å²) in [6.07, 6.45) is 1.04. The molecule has 1 aromatic carbocycles. The maximum absolute atomic E-state index is 11.8. The van der Waals surface area contributed by atoms with E-state index >= 15 is 0 Å². The summed E-state index contributed by atoms with van der Waals surface area (Å²) in [5.41, 5.74) is 5.86. The van der Waals surface area contributed by atoms with Gasteiger partial charge in [0.15, 0.2) is 9.84 Å². The molecular weight excluding hydrogens is 298 g/mol. The molecule has 0 saturated heterocycles. The van der Waals surface area contributed by atoms with Crippen molar-refractivity contribution in [2.45, 2.75) is 4.90 Å². The average molecular weight is 317 g/mol. The third-order valence-corrected chi connectivity index (χ3v) is 3.58. The van der Waals surface area contributed by atoms with Gasteiger partial charge in [-0.15, -0.1) is 0 Å². The summed E-state index contributed by atoms with van der Waals surface area (Å²) in [6.45, 7) is 1.16. The molecule has 8 heteroatoms. The number of benzene rings is 1. The maximum Gasteiger partial charge on any atom is 0.338 e. The van der Waals surface area contributed by atoms with Gasteiger partial charge in [0, 0.05) is 19.1 Å². The lowest BCUT2D eigenvalue weighted by molar-refractivity contribution is 0.0213. The molecule has 1 aromatic rings. The van der Waals surface area contributed by atoms with Gasteiger partial charge in [-0.2, -0.15) is 0 Å². The molecule has 0 aromatic heterocycles. The normalized spacial score (nSPS) is 11.3. The quantitative estimate of drug-likeness (QED) is 0.422. The summed E-state index contributed by atoms with van der Waals surface area (Å²) in [5.74, 6) is -0.650. The highest BCUT2D eigenvalue weighted by Crippen LogP contribution is 2.17. The number of hydrogen-bond acceptors (Lipinski definition) is 7. The molecule has 0 spiro atoms. The number of nitrogens with two attached hydrogens (primary N) is 1. The van der Waals surface area contributed by atoms with Crippen LogP contribution in [0.5, 0.6) is 0 Å². The highest BCUT2D eigenvalue weighted by molar-refractivity contribution is 7.90. The number of methoxy groups -OCH3 is 1. The Bertz CT molecular complexity index is 584. The van der Waals surface area contributed by atoms with Crippen molar-refractivity contribution in [1.29, 1.82) is 0 Å². The van der Waals surface area contributed by atoms with E-state index in [4.69, 9.17) is 19.9 Å². The van der Waals surface area contributed by atoms with Crippen LogP contribution in [0.1, 0.15) is 10.4 Å². The van der Waals surface area contributed by atoms with Crippen molar-refractivity contribution in [2.75, 3.05) is 45.5 Å². The zero-order valence-corrected chi connectivity index (χ0v) is 12.8. The van der Waals surface area contributed by atoms with Crippen LogP contribution < -0.4 is 5.73 Å². The number of carbonyl (C=O) groups is 1. The van der Waals surface area contributed by atoms with Gasteiger partial charge < -0.3 is 19.9 Å². The van der Waals surface area contributed by atoms with Crippen molar-refractivity contribution in [3.05, 3.63) is 23.8 Å². The number of carbonyl (C=O) groups excluding carboxylic acids is 1. The lowest BCUT2D eigenvalue weighted by atomic mass is 10.2. The fourth-order valence-electron chi connectivity index (χ4n) is 1.47. The number of anilines is 1. The Kier molecular flexibility index (Phi) is 6.60. The van der Waals surface area contributed by atoms with E-state index in [2.05, 4.69) is 0 Å². The summed E-state index contributed by atoms with van der Waals surface area (Å²) in [4.78, 5) is 11.8. The minimum absolute atomic E-state index is 0.0224. The number of rotatable bonds is 8. The molecule has 0 aliphatic rings. The van der Waals surface area contributed by atoms with Crippen LogP contribution in [0.3, 0.4) is 0 Å². The number of esters is 1. The van der Waals surface area contributed by atoms with Crippen LogP contribution in [0.2, 0.25) is 0 Å². The summed E-state index contributed by atoms with van der Waals surface area (Å²) in [7, 11) is -1.89. The molecule has 0 bridgehead atoms. The molecule has 21 heavy (non-hydrogen) atoms. The highest BCUT2D eigenvalue weighted by atomic mass is 32.2. The second-order valence-electron chi connectivity index (χ2n) is 4.30. The first-order valence-electron chi connectivity index (χ1n) is 6.19. The maximum atomic E-state index is 11.8. The van der Waals surface area contributed by atoms with Crippen molar-refractivity contribution < 1.29 is 27.4 Å². The Morgan fingerprint density at radius 2 is 1.81 bits per heavy atom. The van der Waals surface area contributed by atoms with Gasteiger partial charge in [0.1, 0.15) is 6.61 Å². The SMILES string of the molecule is COCCOCCOC(=O)c1cc(N)cc(S(C)(=O)=O)c1. The van der Waals surface area contributed by atoms with E-state index in [1.54, 1.807) is 7.11 Å². The van der Waals surface area contributed by atoms with E-state index in [-0.39, 0.29) is 29.4 Å². The van der Waals surface area contributed by atoms with Crippen molar-refractivity contribution >= 4 is 21.5 Å². The Balaban J connectivity index is 2.60. The second kappa shape index (κ2) is 7.96. The summed E-state index contributed by atoms with van der Waals surface area (Å²) in [5, 5.41) is 0. The molecule has 0 unspecified atom stereocenters. The van der Waals surface area contributed by atoms with Crippen LogP contribution in [0, 0.1) is 0 Å². The summed E-state index contributed by atoms with van der Waals surface area (Å²) < 4.78 is 37.9. The minimum Gasteiger partial charge on any atom is -0.460 e. The molecule has 118 valence electrons. The van der Waals surface area contributed by atoms with Crippen LogP contribution in [0.4, 0.5) is 5.69 Å². The van der Waals surface area contributed by atoms with E-state index in [1.807, 2.05) is 0 Å². The molecule has 1 rings (SSSR count). The molecule has 0 atom stereocenters. The van der Waals surface area contributed by atoms with Crippen LogP contribution >= 0.6 is 0 Å². The predicted molar refractivity (Wildman–Crippen MR) is 76.9 cm³/mol. The number of hydrogen-bond donors (Lipinski definition) is 1. The summed E-state index contributed by atoms with van der Waals surface area (Å²) in [6, 6.07) is 3.89. The zero-order chi connectivity index (χ0) is 15.9. The summed E-state index contributed by atoms with van der Waals surface area (Å²) >= 11 is 0. The first kappa shape index (κ1) is 17.4. The Labute approximate surface area is 123 Å². The van der Waals surface area contributed by atoms with Gasteiger partial charge in [-0.25, -0.2) is 13.2 Å². The Morgan fingerprint density at radius 3 is 2.43 bits per heavy atom. The van der Waals surface area contributed by atoms with Gasteiger partial charge in [-0.3, -0.25) is 0 Å².